The van der Waals surface area contributed by atoms with Crippen LogP contribution in [-0.4, -0.2) is 46.3 Å². The molecule has 0 aromatic carbocycles. The molecule has 1 N–H and O–H groups in total. The van der Waals surface area contributed by atoms with Crippen LogP contribution < -0.4 is 5.32 Å². The van der Waals surface area contributed by atoms with Crippen molar-refractivity contribution in [3.05, 3.63) is 17.0 Å². The molecule has 1 aliphatic rings. The molecule has 0 bridgehead atoms. The van der Waals surface area contributed by atoms with Crippen LogP contribution in [0.25, 0.3) is 0 Å². The lowest BCUT2D eigenvalue weighted by Crippen LogP contribution is -2.46. The van der Waals surface area contributed by atoms with Crippen LogP contribution in [0.15, 0.2) is 0 Å². The molecule has 0 aliphatic carbocycles. The maximum atomic E-state index is 12.7. The molecule has 1 saturated heterocycles. The number of carbonyl (C=O) groups excluding carboxylic acids is 1. The van der Waals surface area contributed by atoms with E-state index in [0.717, 1.165) is 51.0 Å². The largest absolute Gasteiger partial charge is 0.340 e. The highest BCUT2D eigenvalue weighted by Gasteiger charge is 2.24. The zero-order chi connectivity index (χ0) is 16.1. The average molecular weight is 379 g/mol. The monoisotopic (exact) mass is 378 g/mol. The first-order valence-electron chi connectivity index (χ1n) is 8.53. The van der Waals surface area contributed by atoms with Crippen molar-refractivity contribution in [2.24, 2.45) is 7.05 Å². The van der Waals surface area contributed by atoms with E-state index in [1.807, 2.05) is 18.7 Å². The van der Waals surface area contributed by atoms with Gasteiger partial charge in [0, 0.05) is 31.7 Å². The van der Waals surface area contributed by atoms with E-state index >= 15 is 0 Å². The van der Waals surface area contributed by atoms with E-state index in [2.05, 4.69) is 29.2 Å². The van der Waals surface area contributed by atoms with Crippen LogP contribution in [0.5, 0.6) is 0 Å². The molecule has 1 fully saturated rings. The number of aromatic nitrogens is 2. The maximum absolute atomic E-state index is 12.7. The van der Waals surface area contributed by atoms with Gasteiger partial charge in [-0.25, -0.2) is 0 Å². The van der Waals surface area contributed by atoms with Crippen molar-refractivity contribution in [3.8, 4) is 0 Å². The number of hydrogen-bond donors (Lipinski definition) is 1. The van der Waals surface area contributed by atoms with Gasteiger partial charge in [-0.2, -0.15) is 5.10 Å². The van der Waals surface area contributed by atoms with E-state index in [-0.39, 0.29) is 24.8 Å². The Morgan fingerprint density at radius 1 is 1.29 bits per heavy atom. The molecular weight excluding hydrogens is 347 g/mol. The van der Waals surface area contributed by atoms with Crippen molar-refractivity contribution >= 4 is 30.7 Å². The summed E-state index contributed by atoms with van der Waals surface area (Å²) >= 11 is 0. The Labute approximate surface area is 158 Å². The Balaban J connectivity index is 0.00000264. The van der Waals surface area contributed by atoms with Crippen LogP contribution in [0.3, 0.4) is 0 Å². The lowest BCUT2D eigenvalue weighted by atomic mass is 10.0. The summed E-state index contributed by atoms with van der Waals surface area (Å²) < 4.78 is 1.91. The van der Waals surface area contributed by atoms with Crippen molar-refractivity contribution in [1.82, 2.24) is 20.0 Å². The standard InChI is InChI=1S/C17H30N4O.2ClH/c1-5-12-21(15-8-10-18-11-9-15)17(22)7-6-16-13(2)19-20(4)14(16)3;;/h15,18H,5-12H2,1-4H3;2*1H. The first kappa shape index (κ1) is 23.2. The van der Waals surface area contributed by atoms with Crippen LogP contribution in [0.1, 0.15) is 49.6 Å². The van der Waals surface area contributed by atoms with Gasteiger partial charge in [-0.15, -0.1) is 24.8 Å². The third-order valence-corrected chi connectivity index (χ3v) is 4.78. The van der Waals surface area contributed by atoms with Gasteiger partial charge in [0.25, 0.3) is 0 Å². The van der Waals surface area contributed by atoms with Gasteiger partial charge in [0.15, 0.2) is 0 Å². The lowest BCUT2D eigenvalue weighted by molar-refractivity contribution is -0.134. The molecule has 2 heterocycles. The van der Waals surface area contributed by atoms with Crippen LogP contribution in [-0.2, 0) is 18.3 Å². The van der Waals surface area contributed by atoms with Crippen LogP contribution in [0.2, 0.25) is 0 Å². The number of piperidine rings is 1. The Morgan fingerprint density at radius 3 is 2.42 bits per heavy atom. The van der Waals surface area contributed by atoms with Gasteiger partial charge in [0.1, 0.15) is 0 Å². The quantitative estimate of drug-likeness (QED) is 0.827. The molecule has 0 spiro atoms. The predicted octanol–water partition coefficient (Wildman–Crippen LogP) is 2.80. The molecule has 1 aromatic rings. The molecule has 1 amide bonds. The minimum atomic E-state index is 0. The fourth-order valence-electron chi connectivity index (χ4n) is 3.42. The Bertz CT molecular complexity index is 513. The van der Waals surface area contributed by atoms with Crippen molar-refractivity contribution in [3.63, 3.8) is 0 Å². The van der Waals surface area contributed by atoms with Gasteiger partial charge in [-0.05, 0) is 58.2 Å². The van der Waals surface area contributed by atoms with Gasteiger partial charge in [0.2, 0.25) is 5.91 Å². The fraction of sp³-hybridized carbons (Fsp3) is 0.765. The molecule has 0 radical (unpaired) electrons. The summed E-state index contributed by atoms with van der Waals surface area (Å²) in [5, 5.41) is 7.82. The fourth-order valence-corrected chi connectivity index (χ4v) is 3.42. The van der Waals surface area contributed by atoms with Crippen molar-refractivity contribution < 1.29 is 4.79 Å². The van der Waals surface area contributed by atoms with Crippen molar-refractivity contribution in [2.45, 2.75) is 58.9 Å². The maximum Gasteiger partial charge on any atom is 0.223 e. The first-order valence-corrected chi connectivity index (χ1v) is 8.53. The third-order valence-electron chi connectivity index (χ3n) is 4.78. The van der Waals surface area contributed by atoms with E-state index < -0.39 is 0 Å². The molecule has 0 unspecified atom stereocenters. The predicted molar refractivity (Wildman–Crippen MR) is 103 cm³/mol. The summed E-state index contributed by atoms with van der Waals surface area (Å²) in [6.45, 7) is 9.20. The Morgan fingerprint density at radius 2 is 1.92 bits per heavy atom. The molecule has 0 saturated carbocycles. The number of halogens is 2. The zero-order valence-electron chi connectivity index (χ0n) is 15.3. The third kappa shape index (κ3) is 5.64. The molecule has 1 aliphatic heterocycles. The zero-order valence-corrected chi connectivity index (χ0v) is 16.9. The topological polar surface area (TPSA) is 50.2 Å². The molecule has 140 valence electrons. The summed E-state index contributed by atoms with van der Waals surface area (Å²) in [5.74, 6) is 0.302. The number of hydrogen-bond acceptors (Lipinski definition) is 3. The number of carbonyl (C=O) groups is 1. The summed E-state index contributed by atoms with van der Waals surface area (Å²) in [5.41, 5.74) is 3.46. The highest BCUT2D eigenvalue weighted by Crippen LogP contribution is 2.18. The van der Waals surface area contributed by atoms with Crippen molar-refractivity contribution in [2.75, 3.05) is 19.6 Å². The second-order valence-electron chi connectivity index (χ2n) is 6.34. The Kier molecular flexibility index (Phi) is 10.6. The normalized spacial score (nSPS) is 14.7. The number of aryl methyl sites for hydroxylation is 2. The SMILES string of the molecule is CCCN(C(=O)CCc1c(C)nn(C)c1C)C1CCNCC1.Cl.Cl. The minimum Gasteiger partial charge on any atom is -0.340 e. The molecule has 0 atom stereocenters. The molecular formula is C17H32Cl2N4O. The first-order chi connectivity index (χ1) is 10.5. The van der Waals surface area contributed by atoms with Gasteiger partial charge < -0.3 is 10.2 Å². The van der Waals surface area contributed by atoms with E-state index in [1.54, 1.807) is 0 Å². The molecule has 1 aromatic heterocycles. The highest BCUT2D eigenvalue weighted by atomic mass is 35.5. The van der Waals surface area contributed by atoms with E-state index in [4.69, 9.17) is 0 Å². The highest BCUT2D eigenvalue weighted by molar-refractivity contribution is 5.85. The minimum absolute atomic E-state index is 0. The summed E-state index contributed by atoms with van der Waals surface area (Å²) in [6, 6.07) is 0.421. The lowest BCUT2D eigenvalue weighted by Gasteiger charge is -2.34. The molecule has 7 heteroatoms. The van der Waals surface area contributed by atoms with E-state index in [0.29, 0.717) is 18.4 Å². The van der Waals surface area contributed by atoms with Crippen molar-refractivity contribution in [1.29, 1.82) is 0 Å². The van der Waals surface area contributed by atoms with Crippen LogP contribution in [0.4, 0.5) is 0 Å². The summed E-state index contributed by atoms with van der Waals surface area (Å²) in [4.78, 5) is 14.8. The summed E-state index contributed by atoms with van der Waals surface area (Å²) in [7, 11) is 1.96. The number of nitrogens with zero attached hydrogens (tertiary/aromatic N) is 3. The second-order valence-corrected chi connectivity index (χ2v) is 6.34. The number of rotatable bonds is 6. The van der Waals surface area contributed by atoms with E-state index in [9.17, 15) is 4.79 Å². The molecule has 2 rings (SSSR count). The van der Waals surface area contributed by atoms with Gasteiger partial charge >= 0.3 is 0 Å². The number of amides is 1. The number of nitrogens with one attached hydrogen (secondary N) is 1. The average Bonchev–Trinajstić information content (AvgIpc) is 2.76. The smallest absolute Gasteiger partial charge is 0.223 e. The Hall–Kier alpha value is -0.780. The van der Waals surface area contributed by atoms with Crippen LogP contribution >= 0.6 is 24.8 Å². The molecule has 24 heavy (non-hydrogen) atoms. The van der Waals surface area contributed by atoms with Gasteiger partial charge in [0.05, 0.1) is 5.69 Å². The van der Waals surface area contributed by atoms with Gasteiger partial charge in [-0.1, -0.05) is 6.92 Å². The van der Waals surface area contributed by atoms with Gasteiger partial charge in [-0.3, -0.25) is 9.48 Å². The summed E-state index contributed by atoms with van der Waals surface area (Å²) in [6.07, 6.45) is 4.58. The second kappa shape index (κ2) is 11.0. The molecule has 5 nitrogen and oxygen atoms in total. The van der Waals surface area contributed by atoms with Crippen LogP contribution in [0, 0.1) is 13.8 Å². The van der Waals surface area contributed by atoms with E-state index in [1.165, 1.54) is 11.3 Å².